The van der Waals surface area contributed by atoms with E-state index in [4.69, 9.17) is 4.52 Å². The summed E-state index contributed by atoms with van der Waals surface area (Å²) in [5.74, 6) is 1.86. The van der Waals surface area contributed by atoms with Gasteiger partial charge in [0.1, 0.15) is 0 Å². The first-order valence-corrected chi connectivity index (χ1v) is 7.16. The fourth-order valence-corrected chi connectivity index (χ4v) is 1.92. The lowest BCUT2D eigenvalue weighted by Crippen LogP contribution is -2.17. The first kappa shape index (κ1) is 14.8. The predicted molar refractivity (Wildman–Crippen MR) is 82.2 cm³/mol. The summed E-state index contributed by atoms with van der Waals surface area (Å²) in [7, 11) is 0. The number of rotatable bonds is 2. The van der Waals surface area contributed by atoms with Gasteiger partial charge in [0.15, 0.2) is 0 Å². The quantitative estimate of drug-likeness (QED) is 0.793. The Morgan fingerprint density at radius 1 is 1.20 bits per heavy atom. The van der Waals surface area contributed by atoms with Crippen LogP contribution in [-0.4, -0.2) is 10.1 Å². The molecule has 3 heteroatoms. The minimum absolute atomic E-state index is 0.0643. The molecule has 0 aliphatic heterocycles. The lowest BCUT2D eigenvalue weighted by Gasteiger charge is -2.26. The molecular weight excluding hydrogens is 248 g/mol. The maximum absolute atomic E-state index is 5.36. The van der Waals surface area contributed by atoms with Crippen LogP contribution in [0.4, 0.5) is 0 Å². The number of nitrogens with zero attached hydrogens (tertiary/aromatic N) is 2. The molecule has 1 aromatic rings. The van der Waals surface area contributed by atoms with Gasteiger partial charge in [0.25, 0.3) is 0 Å². The van der Waals surface area contributed by atoms with Crippen molar-refractivity contribution >= 4 is 5.57 Å². The molecule has 0 amide bonds. The van der Waals surface area contributed by atoms with Crippen molar-refractivity contribution in [2.24, 2.45) is 11.3 Å². The van der Waals surface area contributed by atoms with E-state index < -0.39 is 0 Å². The van der Waals surface area contributed by atoms with E-state index >= 15 is 0 Å². The van der Waals surface area contributed by atoms with Gasteiger partial charge in [0.05, 0.1) is 0 Å². The van der Waals surface area contributed by atoms with Gasteiger partial charge >= 0.3 is 0 Å². The molecule has 1 heterocycles. The number of aromatic nitrogens is 2. The lowest BCUT2D eigenvalue weighted by atomic mass is 9.79. The second kappa shape index (κ2) is 5.04. The number of allylic oxidation sites excluding steroid dienone is 6. The summed E-state index contributed by atoms with van der Waals surface area (Å²) >= 11 is 0. The molecule has 108 valence electrons. The SMILES string of the molecule is CC(C)C1(C)C=CC=C(c2noc(C(C)(C)C)n2)C=C1. The van der Waals surface area contributed by atoms with Gasteiger partial charge in [-0.1, -0.05) is 77.1 Å². The summed E-state index contributed by atoms with van der Waals surface area (Å²) in [6.07, 6.45) is 10.7. The summed E-state index contributed by atoms with van der Waals surface area (Å²) < 4.78 is 5.36. The van der Waals surface area contributed by atoms with Crippen LogP contribution in [-0.2, 0) is 5.41 Å². The summed E-state index contributed by atoms with van der Waals surface area (Å²) in [5.41, 5.74) is 0.932. The Morgan fingerprint density at radius 2 is 1.90 bits per heavy atom. The van der Waals surface area contributed by atoms with Crippen LogP contribution in [0.5, 0.6) is 0 Å². The number of hydrogen-bond donors (Lipinski definition) is 0. The highest BCUT2D eigenvalue weighted by Crippen LogP contribution is 2.33. The van der Waals surface area contributed by atoms with Crippen LogP contribution in [0.1, 0.15) is 53.3 Å². The fraction of sp³-hybridized carbons (Fsp3) is 0.529. The molecule has 1 atom stereocenters. The normalized spacial score (nSPS) is 23.1. The first-order valence-electron chi connectivity index (χ1n) is 7.16. The van der Waals surface area contributed by atoms with Crippen LogP contribution in [0, 0.1) is 11.3 Å². The van der Waals surface area contributed by atoms with Crippen molar-refractivity contribution in [2.75, 3.05) is 0 Å². The molecule has 1 aliphatic rings. The highest BCUT2D eigenvalue weighted by Gasteiger charge is 2.25. The number of hydrogen-bond acceptors (Lipinski definition) is 3. The van der Waals surface area contributed by atoms with Gasteiger partial charge in [0.2, 0.25) is 11.7 Å². The molecular formula is C17H24N2O. The van der Waals surface area contributed by atoms with Crippen LogP contribution in [0.25, 0.3) is 5.57 Å². The third-order valence-corrected chi connectivity index (χ3v) is 3.92. The zero-order valence-corrected chi connectivity index (χ0v) is 13.3. The summed E-state index contributed by atoms with van der Waals surface area (Å²) in [6, 6.07) is 0. The maximum Gasteiger partial charge on any atom is 0.232 e. The summed E-state index contributed by atoms with van der Waals surface area (Å²) in [4.78, 5) is 4.51. The van der Waals surface area contributed by atoms with Crippen molar-refractivity contribution in [2.45, 2.75) is 47.0 Å². The van der Waals surface area contributed by atoms with E-state index in [1.807, 2.05) is 6.08 Å². The van der Waals surface area contributed by atoms with Gasteiger partial charge in [-0.05, 0) is 5.92 Å². The Kier molecular flexibility index (Phi) is 3.72. The van der Waals surface area contributed by atoms with Gasteiger partial charge in [-0.25, -0.2) is 0 Å². The molecule has 0 spiro atoms. The van der Waals surface area contributed by atoms with E-state index in [0.717, 1.165) is 5.57 Å². The predicted octanol–water partition coefficient (Wildman–Crippen LogP) is 4.54. The Morgan fingerprint density at radius 3 is 2.45 bits per heavy atom. The van der Waals surface area contributed by atoms with E-state index in [2.05, 4.69) is 76.0 Å². The van der Waals surface area contributed by atoms with Crippen molar-refractivity contribution in [3.63, 3.8) is 0 Å². The lowest BCUT2D eigenvalue weighted by molar-refractivity contribution is 0.320. The van der Waals surface area contributed by atoms with Crippen LogP contribution in [0.15, 0.2) is 34.9 Å². The van der Waals surface area contributed by atoms with Crippen molar-refractivity contribution in [1.82, 2.24) is 10.1 Å². The molecule has 0 radical (unpaired) electrons. The zero-order chi connectivity index (χ0) is 15.0. The monoisotopic (exact) mass is 272 g/mol. The smallest absolute Gasteiger partial charge is 0.232 e. The van der Waals surface area contributed by atoms with Crippen molar-refractivity contribution < 1.29 is 4.52 Å². The molecule has 20 heavy (non-hydrogen) atoms. The van der Waals surface area contributed by atoms with Gasteiger partial charge < -0.3 is 4.52 Å². The minimum atomic E-state index is -0.122. The molecule has 0 aromatic carbocycles. The van der Waals surface area contributed by atoms with E-state index in [1.165, 1.54) is 0 Å². The van der Waals surface area contributed by atoms with Crippen LogP contribution >= 0.6 is 0 Å². The van der Waals surface area contributed by atoms with Gasteiger partial charge in [-0.15, -0.1) is 0 Å². The molecule has 0 fully saturated rings. The van der Waals surface area contributed by atoms with Crippen LogP contribution in [0.2, 0.25) is 0 Å². The zero-order valence-electron chi connectivity index (χ0n) is 13.3. The Bertz CT molecular complexity index is 570. The second-order valence-corrected chi connectivity index (χ2v) is 7.01. The Labute approximate surface area is 121 Å². The van der Waals surface area contributed by atoms with Crippen molar-refractivity contribution in [1.29, 1.82) is 0 Å². The van der Waals surface area contributed by atoms with Gasteiger partial charge in [0, 0.05) is 16.4 Å². The molecule has 1 aromatic heterocycles. The third-order valence-electron chi connectivity index (χ3n) is 3.92. The maximum atomic E-state index is 5.36. The molecule has 0 bridgehead atoms. The molecule has 3 nitrogen and oxygen atoms in total. The second-order valence-electron chi connectivity index (χ2n) is 7.01. The summed E-state index contributed by atoms with van der Waals surface area (Å²) in [6.45, 7) is 12.9. The third kappa shape index (κ3) is 2.92. The standard InChI is InChI=1S/C17H24N2O/c1-12(2)17(6)10-7-8-13(9-11-17)14-18-15(20-19-14)16(3,4)5/h7-12H,1-6H3. The molecule has 0 saturated heterocycles. The Balaban J connectivity index is 2.30. The van der Waals surface area contributed by atoms with E-state index in [-0.39, 0.29) is 10.8 Å². The van der Waals surface area contributed by atoms with Crippen LogP contribution in [0.3, 0.4) is 0 Å². The highest BCUT2D eigenvalue weighted by molar-refractivity contribution is 5.71. The highest BCUT2D eigenvalue weighted by atomic mass is 16.5. The van der Waals surface area contributed by atoms with Gasteiger partial charge in [-0.3, -0.25) is 0 Å². The molecule has 1 unspecified atom stereocenters. The van der Waals surface area contributed by atoms with Crippen LogP contribution < -0.4 is 0 Å². The van der Waals surface area contributed by atoms with E-state index in [0.29, 0.717) is 17.6 Å². The largest absolute Gasteiger partial charge is 0.338 e. The Hall–Kier alpha value is -1.64. The molecule has 0 N–H and O–H groups in total. The van der Waals surface area contributed by atoms with E-state index in [1.54, 1.807) is 0 Å². The average Bonchev–Trinajstić information content (AvgIpc) is 2.74. The average molecular weight is 272 g/mol. The van der Waals surface area contributed by atoms with Gasteiger partial charge in [-0.2, -0.15) is 4.98 Å². The van der Waals surface area contributed by atoms with Crippen molar-refractivity contribution in [3.05, 3.63) is 42.1 Å². The van der Waals surface area contributed by atoms with Crippen molar-refractivity contribution in [3.8, 4) is 0 Å². The fourth-order valence-electron chi connectivity index (χ4n) is 1.92. The van der Waals surface area contributed by atoms with E-state index in [9.17, 15) is 0 Å². The molecule has 1 aliphatic carbocycles. The molecule has 2 rings (SSSR count). The topological polar surface area (TPSA) is 38.9 Å². The molecule has 0 saturated carbocycles. The first-order chi connectivity index (χ1) is 9.22. The summed E-state index contributed by atoms with van der Waals surface area (Å²) in [5, 5.41) is 4.10. The minimum Gasteiger partial charge on any atom is -0.338 e.